The van der Waals surface area contributed by atoms with E-state index >= 15 is 0 Å². The second-order valence-electron chi connectivity index (χ2n) is 4.99. The first-order chi connectivity index (χ1) is 8.81. The molecule has 2 rings (SSSR count). The average Bonchev–Trinajstić information content (AvgIpc) is 2.57. The lowest BCUT2D eigenvalue weighted by Crippen LogP contribution is -2.39. The second kappa shape index (κ2) is 7.64. The van der Waals surface area contributed by atoms with E-state index in [9.17, 15) is 0 Å². The molecule has 3 nitrogen and oxygen atoms in total. The summed E-state index contributed by atoms with van der Waals surface area (Å²) in [5, 5.41) is 0.565. The van der Waals surface area contributed by atoms with E-state index in [0.29, 0.717) is 11.4 Å². The van der Waals surface area contributed by atoms with Gasteiger partial charge in [-0.1, -0.05) is 49.6 Å². The molecule has 2 atom stereocenters. The normalized spacial score (nSPS) is 32.8. The number of hydrogen-bond acceptors (Lipinski definition) is 6. The number of rotatable bonds is 4. The first-order valence-electron chi connectivity index (χ1n) is 6.77. The largest absolute Gasteiger partial charge is 0.168 e. The Hall–Kier alpha value is 0.930. The van der Waals surface area contributed by atoms with E-state index in [1.165, 1.54) is 38.5 Å². The maximum atomic E-state index is 3.53. The lowest BCUT2D eigenvalue weighted by molar-refractivity contribution is 0.237. The highest BCUT2D eigenvalue weighted by molar-refractivity contribution is 8.01. The van der Waals surface area contributed by atoms with Crippen LogP contribution in [0.25, 0.3) is 0 Å². The Morgan fingerprint density at radius 2 is 1.50 bits per heavy atom. The highest BCUT2D eigenvalue weighted by Gasteiger charge is 2.43. The van der Waals surface area contributed by atoms with Gasteiger partial charge in [-0.25, -0.2) is 0 Å². The van der Waals surface area contributed by atoms with Crippen LogP contribution in [0.3, 0.4) is 0 Å². The third-order valence-corrected chi connectivity index (χ3v) is 6.54. The van der Waals surface area contributed by atoms with Crippen molar-refractivity contribution in [2.24, 2.45) is 5.92 Å². The number of hydrazine groups is 2. The number of thioether (sulfide) groups is 1. The highest BCUT2D eigenvalue weighted by atomic mass is 32.2. The van der Waals surface area contributed by atoms with Gasteiger partial charge in [0, 0.05) is 0 Å². The lowest BCUT2D eigenvalue weighted by atomic mass is 9.92. The standard InChI is InChI=1S/C12H25N3S3/c1-16-12-11(10-8-6-4-5-7-9-10)14(17-2)13-15(12)18-3/h10-13H,4-9H2,1-3H3. The number of nitrogens with zero attached hydrogens (tertiary/aromatic N) is 2. The van der Waals surface area contributed by atoms with Crippen LogP contribution in [0, 0.1) is 5.92 Å². The van der Waals surface area contributed by atoms with Crippen molar-refractivity contribution in [3.63, 3.8) is 0 Å². The van der Waals surface area contributed by atoms with Crippen LogP contribution in [0.15, 0.2) is 0 Å². The molecule has 1 aliphatic carbocycles. The summed E-state index contributed by atoms with van der Waals surface area (Å²) in [4.78, 5) is 0. The molecule has 2 fully saturated rings. The van der Waals surface area contributed by atoms with Gasteiger partial charge in [0.2, 0.25) is 0 Å². The first-order valence-corrected chi connectivity index (χ1v) is 10.4. The van der Waals surface area contributed by atoms with Crippen molar-refractivity contribution in [1.82, 2.24) is 14.4 Å². The van der Waals surface area contributed by atoms with Crippen molar-refractivity contribution in [2.45, 2.75) is 49.9 Å². The third-order valence-electron chi connectivity index (χ3n) is 4.01. The molecule has 0 aromatic carbocycles. The molecule has 1 heterocycles. The van der Waals surface area contributed by atoms with Crippen molar-refractivity contribution < 1.29 is 0 Å². The zero-order valence-electron chi connectivity index (χ0n) is 11.6. The van der Waals surface area contributed by atoms with Gasteiger partial charge in [-0.05, 0) is 37.5 Å². The molecule has 1 saturated carbocycles. The Kier molecular flexibility index (Phi) is 6.51. The van der Waals surface area contributed by atoms with Crippen molar-refractivity contribution in [3.05, 3.63) is 0 Å². The molecule has 106 valence electrons. The van der Waals surface area contributed by atoms with Gasteiger partial charge >= 0.3 is 0 Å². The average molecular weight is 308 g/mol. The molecule has 0 aromatic heterocycles. The summed E-state index contributed by atoms with van der Waals surface area (Å²) in [6.45, 7) is 0. The molecule has 0 spiro atoms. The fraction of sp³-hybridized carbons (Fsp3) is 1.00. The van der Waals surface area contributed by atoms with Gasteiger partial charge in [-0.3, -0.25) is 0 Å². The van der Waals surface area contributed by atoms with Crippen LogP contribution >= 0.6 is 35.7 Å². The highest BCUT2D eigenvalue weighted by Crippen LogP contribution is 2.40. The Morgan fingerprint density at radius 3 is 2.00 bits per heavy atom. The van der Waals surface area contributed by atoms with Gasteiger partial charge in [0.15, 0.2) is 0 Å². The monoisotopic (exact) mass is 307 g/mol. The van der Waals surface area contributed by atoms with Gasteiger partial charge in [0.25, 0.3) is 0 Å². The van der Waals surface area contributed by atoms with Gasteiger partial charge in [-0.2, -0.15) is 14.4 Å². The van der Waals surface area contributed by atoms with Crippen LogP contribution in [0.1, 0.15) is 38.5 Å². The van der Waals surface area contributed by atoms with Crippen LogP contribution in [0.2, 0.25) is 0 Å². The van der Waals surface area contributed by atoms with Crippen molar-refractivity contribution >= 4 is 35.7 Å². The fourth-order valence-electron chi connectivity index (χ4n) is 3.09. The topological polar surface area (TPSA) is 18.5 Å². The molecular weight excluding hydrogens is 282 g/mol. The van der Waals surface area contributed by atoms with E-state index in [1.54, 1.807) is 11.9 Å². The van der Waals surface area contributed by atoms with Crippen molar-refractivity contribution in [1.29, 1.82) is 0 Å². The van der Waals surface area contributed by atoms with E-state index < -0.39 is 0 Å². The molecule has 0 aromatic rings. The quantitative estimate of drug-likeness (QED) is 0.627. The molecular formula is C12H25N3S3. The molecule has 18 heavy (non-hydrogen) atoms. The van der Waals surface area contributed by atoms with Crippen LogP contribution in [-0.2, 0) is 0 Å². The minimum Gasteiger partial charge on any atom is -0.168 e. The van der Waals surface area contributed by atoms with E-state index in [4.69, 9.17) is 0 Å². The molecule has 1 saturated heterocycles. The van der Waals surface area contributed by atoms with E-state index in [1.807, 2.05) is 23.7 Å². The van der Waals surface area contributed by atoms with E-state index in [2.05, 4.69) is 33.1 Å². The SMILES string of the molecule is CSC1C(C2CCCCCC2)N(SC)NN1SC. The lowest BCUT2D eigenvalue weighted by Gasteiger charge is -2.30. The molecule has 1 N–H and O–H groups in total. The van der Waals surface area contributed by atoms with Crippen LogP contribution in [0.5, 0.6) is 0 Å². The Bertz CT molecular complexity index is 247. The van der Waals surface area contributed by atoms with Gasteiger partial charge in [0.1, 0.15) is 5.37 Å². The van der Waals surface area contributed by atoms with Gasteiger partial charge in [0.05, 0.1) is 6.04 Å². The Balaban J connectivity index is 2.09. The summed E-state index contributed by atoms with van der Waals surface area (Å²) >= 11 is 5.62. The molecule has 1 aliphatic heterocycles. The minimum atomic E-state index is 0.565. The molecule has 2 unspecified atom stereocenters. The summed E-state index contributed by atoms with van der Waals surface area (Å²) < 4.78 is 4.70. The number of nitrogens with one attached hydrogen (secondary N) is 1. The molecule has 0 bridgehead atoms. The maximum absolute atomic E-state index is 3.53. The fourth-order valence-corrected chi connectivity index (χ4v) is 5.80. The first kappa shape index (κ1) is 15.3. The Labute approximate surface area is 124 Å². The summed E-state index contributed by atoms with van der Waals surface area (Å²) in [6.07, 6.45) is 15.1. The van der Waals surface area contributed by atoms with Crippen LogP contribution < -0.4 is 5.53 Å². The predicted octanol–water partition coefficient (Wildman–Crippen LogP) is 3.61. The van der Waals surface area contributed by atoms with E-state index in [0.717, 1.165) is 5.92 Å². The molecule has 0 radical (unpaired) electrons. The zero-order chi connectivity index (χ0) is 13.0. The summed E-state index contributed by atoms with van der Waals surface area (Å²) in [5.41, 5.74) is 3.53. The second-order valence-corrected chi connectivity index (χ2v) is 7.46. The Morgan fingerprint density at radius 1 is 0.889 bits per heavy atom. The molecule has 0 amide bonds. The smallest absolute Gasteiger partial charge is 0.100 e. The van der Waals surface area contributed by atoms with Gasteiger partial charge in [-0.15, -0.1) is 11.8 Å². The van der Waals surface area contributed by atoms with Crippen molar-refractivity contribution in [3.8, 4) is 0 Å². The minimum absolute atomic E-state index is 0.565. The van der Waals surface area contributed by atoms with Gasteiger partial charge < -0.3 is 0 Å². The zero-order valence-corrected chi connectivity index (χ0v) is 14.0. The third kappa shape index (κ3) is 3.33. The maximum Gasteiger partial charge on any atom is 0.100 e. The predicted molar refractivity (Wildman–Crippen MR) is 86.1 cm³/mol. The summed E-state index contributed by atoms with van der Waals surface area (Å²) in [6, 6.07) is 0.639. The number of hydrogen-bond donors (Lipinski definition) is 1. The van der Waals surface area contributed by atoms with Crippen molar-refractivity contribution in [2.75, 3.05) is 18.8 Å². The van der Waals surface area contributed by atoms with E-state index in [-0.39, 0.29) is 0 Å². The summed E-state index contributed by atoms with van der Waals surface area (Å²) in [5.74, 6) is 0.849. The molecule has 6 heteroatoms. The van der Waals surface area contributed by atoms with Crippen LogP contribution in [0.4, 0.5) is 0 Å². The summed E-state index contributed by atoms with van der Waals surface area (Å²) in [7, 11) is 0. The van der Waals surface area contributed by atoms with Crippen LogP contribution in [-0.4, -0.2) is 39.0 Å². The molecule has 2 aliphatic rings.